The Balaban J connectivity index is 1.60. The van der Waals surface area contributed by atoms with Gasteiger partial charge in [0.25, 0.3) is 5.91 Å². The molecule has 72 heavy (non-hydrogen) atoms. The van der Waals surface area contributed by atoms with Crippen molar-refractivity contribution in [3.63, 3.8) is 0 Å². The van der Waals surface area contributed by atoms with Crippen LogP contribution in [0.3, 0.4) is 0 Å². The summed E-state index contributed by atoms with van der Waals surface area (Å²) >= 11 is 0. The highest BCUT2D eigenvalue weighted by Crippen LogP contribution is 2.23. The molecular weight excluding hydrogens is 891 g/mol. The molecule has 0 saturated carbocycles. The molecule has 0 heterocycles. The highest BCUT2D eigenvalue weighted by Gasteiger charge is 2.35. The second kappa shape index (κ2) is 44.9. The molecule has 0 bridgehead atoms. The van der Waals surface area contributed by atoms with Crippen LogP contribution < -0.4 is 5.32 Å². The van der Waals surface area contributed by atoms with E-state index in [-0.39, 0.29) is 18.6 Å². The van der Waals surface area contributed by atoms with Crippen molar-refractivity contribution in [1.82, 2.24) is 5.32 Å². The Morgan fingerprint density at radius 3 is 1.12 bits per heavy atom. The number of esters is 1. The fraction of sp³-hybridized carbons (Fsp3) is 0.692. The first-order valence-electron chi connectivity index (χ1n) is 29.9. The largest absolute Gasteiger partial charge is 0.452 e. The minimum absolute atomic E-state index is 0.204. The van der Waals surface area contributed by atoms with Crippen LogP contribution in [0.2, 0.25) is 0 Å². The van der Waals surface area contributed by atoms with Crippen LogP contribution in [0.1, 0.15) is 256 Å². The van der Waals surface area contributed by atoms with E-state index in [1.54, 1.807) is 0 Å². The molecule has 7 heteroatoms. The summed E-state index contributed by atoms with van der Waals surface area (Å²) in [5.74, 6) is -0.759. The van der Waals surface area contributed by atoms with Gasteiger partial charge in [0.15, 0.2) is 6.10 Å². The summed E-state index contributed by atoms with van der Waals surface area (Å²) in [6, 6.07) is 30.0. The number of rotatable bonds is 49. The Bertz CT molecular complexity index is 1660. The molecule has 0 unspecified atom stereocenters. The minimum Gasteiger partial charge on any atom is -0.452 e. The first kappa shape index (κ1) is 62.8. The summed E-state index contributed by atoms with van der Waals surface area (Å²) in [6.45, 7) is 7.34. The summed E-state index contributed by atoms with van der Waals surface area (Å²) in [7, 11) is 0. The summed E-state index contributed by atoms with van der Waals surface area (Å²) in [6.07, 6.45) is 41.0. The highest BCUT2D eigenvalue weighted by molar-refractivity contribution is 5.83. The molecule has 0 aliphatic rings. The monoisotopic (exact) mass is 996 g/mol. The fourth-order valence-electron chi connectivity index (χ4n) is 9.96. The van der Waals surface area contributed by atoms with Gasteiger partial charge in [-0.3, -0.25) is 9.59 Å². The van der Waals surface area contributed by atoms with Crippen LogP contribution in [0.4, 0.5) is 0 Å². The maximum Gasteiger partial charge on any atom is 0.303 e. The molecule has 0 radical (unpaired) electrons. The molecule has 406 valence electrons. The lowest BCUT2D eigenvalue weighted by molar-refractivity contribution is -0.156. The quantitative estimate of drug-likeness (QED) is 0.0448. The fourth-order valence-corrected chi connectivity index (χ4v) is 9.96. The van der Waals surface area contributed by atoms with E-state index in [0.717, 1.165) is 55.2 Å². The molecule has 0 fully saturated rings. The molecule has 0 aliphatic heterocycles. The molecule has 0 saturated heterocycles. The summed E-state index contributed by atoms with van der Waals surface area (Å²) < 4.78 is 26.1. The Kier molecular flexibility index (Phi) is 39.2. The van der Waals surface area contributed by atoms with E-state index in [9.17, 15) is 9.59 Å². The number of benzene rings is 3. The maximum absolute atomic E-state index is 14.5. The van der Waals surface area contributed by atoms with Gasteiger partial charge in [0.05, 0.1) is 38.6 Å². The van der Waals surface area contributed by atoms with Crippen molar-refractivity contribution in [3.8, 4) is 0 Å². The molecule has 0 aliphatic carbocycles. The maximum atomic E-state index is 14.5. The van der Waals surface area contributed by atoms with E-state index < -0.39 is 24.2 Å². The van der Waals surface area contributed by atoms with Crippen LogP contribution in [0.5, 0.6) is 0 Å². The molecule has 1 amide bonds. The van der Waals surface area contributed by atoms with E-state index in [1.165, 1.54) is 180 Å². The lowest BCUT2D eigenvalue weighted by atomic mass is 9.98. The predicted molar refractivity (Wildman–Crippen MR) is 302 cm³/mol. The van der Waals surface area contributed by atoms with Crippen molar-refractivity contribution < 1.29 is 28.5 Å². The van der Waals surface area contributed by atoms with Crippen LogP contribution in [-0.2, 0) is 48.4 Å². The number of ether oxygens (including phenoxy) is 4. The van der Waals surface area contributed by atoms with Crippen LogP contribution in [-0.4, -0.2) is 42.8 Å². The van der Waals surface area contributed by atoms with Crippen molar-refractivity contribution >= 4 is 11.9 Å². The van der Waals surface area contributed by atoms with Gasteiger partial charge in [0.1, 0.15) is 6.10 Å². The SMILES string of the molecule is CCCCCCCCCCCCCCCCCCCCCC[C@@H](OC(C)=O)C(=O)N[C@@H](COCc1ccccc1)[C@H](OCc1ccccc1)[C@@H](CCCCCCCCCCCCCC)OCc1ccccc1. The van der Waals surface area contributed by atoms with E-state index in [4.69, 9.17) is 18.9 Å². The smallest absolute Gasteiger partial charge is 0.303 e. The zero-order valence-electron chi connectivity index (χ0n) is 46.3. The van der Waals surface area contributed by atoms with Crippen LogP contribution in [0, 0.1) is 0 Å². The van der Waals surface area contributed by atoms with Crippen molar-refractivity contribution in [3.05, 3.63) is 108 Å². The first-order chi connectivity index (χ1) is 35.5. The van der Waals surface area contributed by atoms with Gasteiger partial charge in [-0.15, -0.1) is 0 Å². The van der Waals surface area contributed by atoms with Gasteiger partial charge in [-0.2, -0.15) is 0 Å². The number of hydrogen-bond donors (Lipinski definition) is 1. The normalized spacial score (nSPS) is 13.2. The van der Waals surface area contributed by atoms with Crippen molar-refractivity contribution in [2.45, 2.75) is 283 Å². The van der Waals surface area contributed by atoms with Crippen molar-refractivity contribution in [2.24, 2.45) is 0 Å². The minimum atomic E-state index is -0.899. The zero-order valence-corrected chi connectivity index (χ0v) is 46.3. The number of hydrogen-bond acceptors (Lipinski definition) is 6. The third-order valence-corrected chi connectivity index (χ3v) is 14.4. The number of unbranched alkanes of at least 4 members (excludes halogenated alkanes) is 30. The Hall–Kier alpha value is -3.52. The van der Waals surface area contributed by atoms with E-state index in [2.05, 4.69) is 43.4 Å². The lowest BCUT2D eigenvalue weighted by Crippen LogP contribution is -2.55. The van der Waals surface area contributed by atoms with Gasteiger partial charge in [-0.25, -0.2) is 0 Å². The number of amides is 1. The molecule has 3 aromatic rings. The highest BCUT2D eigenvalue weighted by atomic mass is 16.6. The average Bonchev–Trinajstić information content (AvgIpc) is 3.40. The van der Waals surface area contributed by atoms with Gasteiger partial charge in [0.2, 0.25) is 0 Å². The topological polar surface area (TPSA) is 83.1 Å². The summed E-state index contributed by atoms with van der Waals surface area (Å²) in [5.41, 5.74) is 3.18. The van der Waals surface area contributed by atoms with Crippen LogP contribution in [0.15, 0.2) is 91.0 Å². The summed E-state index contributed by atoms with van der Waals surface area (Å²) in [4.78, 5) is 27.0. The number of nitrogens with one attached hydrogen (secondary N) is 1. The first-order valence-corrected chi connectivity index (χ1v) is 29.9. The molecule has 4 atom stereocenters. The van der Waals surface area contributed by atoms with Crippen LogP contribution in [0.25, 0.3) is 0 Å². The average molecular weight is 997 g/mol. The lowest BCUT2D eigenvalue weighted by Gasteiger charge is -2.35. The number of carbonyl (C=O) groups excluding carboxylic acids is 2. The molecule has 3 rings (SSSR count). The third kappa shape index (κ3) is 33.3. The molecular formula is C65H105NO6. The van der Waals surface area contributed by atoms with E-state index in [0.29, 0.717) is 26.2 Å². The van der Waals surface area contributed by atoms with Gasteiger partial charge in [-0.1, -0.05) is 304 Å². The second-order valence-electron chi connectivity index (χ2n) is 21.0. The Morgan fingerprint density at radius 1 is 0.417 bits per heavy atom. The van der Waals surface area contributed by atoms with E-state index >= 15 is 0 Å². The van der Waals surface area contributed by atoms with Crippen LogP contribution >= 0.6 is 0 Å². The Morgan fingerprint density at radius 2 is 0.750 bits per heavy atom. The molecule has 3 aromatic carbocycles. The summed E-state index contributed by atoms with van der Waals surface area (Å²) in [5, 5.41) is 3.34. The Labute approximate surface area is 441 Å². The third-order valence-electron chi connectivity index (χ3n) is 14.4. The van der Waals surface area contributed by atoms with Crippen molar-refractivity contribution in [2.75, 3.05) is 6.61 Å². The predicted octanol–water partition coefficient (Wildman–Crippen LogP) is 18.1. The molecule has 7 nitrogen and oxygen atoms in total. The van der Waals surface area contributed by atoms with Crippen molar-refractivity contribution in [1.29, 1.82) is 0 Å². The van der Waals surface area contributed by atoms with E-state index in [1.807, 2.05) is 66.7 Å². The second-order valence-corrected chi connectivity index (χ2v) is 21.0. The van der Waals surface area contributed by atoms with Gasteiger partial charge >= 0.3 is 5.97 Å². The number of carbonyl (C=O) groups is 2. The standard InChI is InChI=1S/C65H105NO6/c1-4-6-8-10-12-14-16-18-19-20-21-22-23-24-25-27-29-31-33-44-52-63(72-57(3)67)65(68)66-61(56-69-53-58-45-37-34-38-46-58)64(71-55-60-49-41-36-42-50-60)62(70-54-59-47-39-35-40-48-59)51-43-32-30-28-26-17-15-13-11-9-7-5-2/h34-42,45-50,61-64H,4-33,43-44,51-56H2,1-3H3,(H,66,68)/t61-,62+,63+,64-/m0/s1. The molecule has 0 spiro atoms. The molecule has 0 aromatic heterocycles. The van der Waals surface area contributed by atoms with Gasteiger partial charge in [0, 0.05) is 6.92 Å². The zero-order chi connectivity index (χ0) is 51.2. The van der Waals surface area contributed by atoms with Gasteiger partial charge in [-0.05, 0) is 36.0 Å². The molecule has 1 N–H and O–H groups in total. The van der Waals surface area contributed by atoms with Gasteiger partial charge < -0.3 is 24.3 Å².